The van der Waals surface area contributed by atoms with Crippen molar-refractivity contribution in [2.75, 3.05) is 6.26 Å². The van der Waals surface area contributed by atoms with Crippen molar-refractivity contribution < 1.29 is 8.42 Å². The molecule has 7 heteroatoms. The van der Waals surface area contributed by atoms with Crippen LogP contribution < -0.4 is 0 Å². The number of sulfone groups is 1. The van der Waals surface area contributed by atoms with E-state index in [-0.39, 0.29) is 10.8 Å². The molecule has 2 aromatic rings. The predicted octanol–water partition coefficient (Wildman–Crippen LogP) is 1.89. The Labute approximate surface area is 109 Å². The van der Waals surface area contributed by atoms with E-state index in [1.54, 1.807) is 30.3 Å². The third kappa shape index (κ3) is 2.28. The van der Waals surface area contributed by atoms with E-state index in [2.05, 4.69) is 9.97 Å². The number of aromatic nitrogens is 2. The molecule has 0 amide bonds. The Morgan fingerprint density at radius 3 is 2.33 bits per heavy atom. The lowest BCUT2D eigenvalue weighted by Crippen LogP contribution is -2.12. The lowest BCUT2D eigenvalue weighted by atomic mass is 10.2. The molecule has 1 heterocycles. The number of halogens is 1. The molecule has 0 aliphatic rings. The lowest BCUT2D eigenvalue weighted by molar-refractivity contribution is 0.596. The van der Waals surface area contributed by atoms with Gasteiger partial charge in [0.2, 0.25) is 0 Å². The zero-order valence-corrected chi connectivity index (χ0v) is 10.9. The van der Waals surface area contributed by atoms with Crippen LogP contribution in [0.5, 0.6) is 0 Å². The fraction of sp³-hybridized carbons (Fsp3) is 0.182. The summed E-state index contributed by atoms with van der Waals surface area (Å²) in [6.45, 7) is 0. The van der Waals surface area contributed by atoms with Gasteiger partial charge in [-0.2, -0.15) is 5.26 Å². The summed E-state index contributed by atoms with van der Waals surface area (Å²) in [4.78, 5) is 8.16. The van der Waals surface area contributed by atoms with Crippen LogP contribution in [0.2, 0.25) is 5.15 Å². The largest absolute Gasteiger partial charge is 0.245 e. The van der Waals surface area contributed by atoms with Crippen LogP contribution in [-0.4, -0.2) is 24.6 Å². The third-order valence-corrected chi connectivity index (χ3v) is 3.81. The highest BCUT2D eigenvalue weighted by molar-refractivity contribution is 7.91. The van der Waals surface area contributed by atoms with Gasteiger partial charge in [-0.25, -0.2) is 18.4 Å². The Morgan fingerprint density at radius 2 is 1.83 bits per heavy atom. The Morgan fingerprint density at radius 1 is 1.28 bits per heavy atom. The molecule has 92 valence electrons. The van der Waals surface area contributed by atoms with Crippen LogP contribution in [0.25, 0.3) is 11.0 Å². The topological polar surface area (TPSA) is 83.7 Å². The van der Waals surface area contributed by atoms with Crippen LogP contribution >= 0.6 is 11.6 Å². The van der Waals surface area contributed by atoms with E-state index in [0.29, 0.717) is 11.0 Å². The minimum Gasteiger partial charge on any atom is -0.245 e. The molecular weight excluding hydrogens is 274 g/mol. The van der Waals surface area contributed by atoms with Crippen molar-refractivity contribution in [2.45, 2.75) is 5.25 Å². The first-order chi connectivity index (χ1) is 8.43. The molecule has 1 aromatic heterocycles. The Hall–Kier alpha value is -1.71. The highest BCUT2D eigenvalue weighted by atomic mass is 35.5. The molecule has 0 saturated heterocycles. The van der Waals surface area contributed by atoms with Crippen LogP contribution in [0.1, 0.15) is 10.9 Å². The van der Waals surface area contributed by atoms with Gasteiger partial charge in [-0.05, 0) is 12.1 Å². The second-order valence-corrected chi connectivity index (χ2v) is 6.22. The van der Waals surface area contributed by atoms with Gasteiger partial charge in [0.15, 0.2) is 20.2 Å². The van der Waals surface area contributed by atoms with E-state index < -0.39 is 15.1 Å². The van der Waals surface area contributed by atoms with E-state index in [1.165, 1.54) is 0 Å². The maximum Gasteiger partial charge on any atom is 0.192 e. The standard InChI is InChI=1S/C11H8ClN3O2S/c1-18(16,17)9(6-13)10-11(12)15-8-5-3-2-4-7(8)14-10/h2-5,9H,1H3. The second kappa shape index (κ2) is 4.52. The van der Waals surface area contributed by atoms with Crippen LogP contribution in [0.4, 0.5) is 0 Å². The number of nitriles is 1. The van der Waals surface area contributed by atoms with Crippen molar-refractivity contribution in [3.8, 4) is 6.07 Å². The minimum atomic E-state index is -3.61. The average molecular weight is 282 g/mol. The molecule has 18 heavy (non-hydrogen) atoms. The molecule has 0 radical (unpaired) electrons. The van der Waals surface area contributed by atoms with Crippen LogP contribution in [0.3, 0.4) is 0 Å². The second-order valence-electron chi connectivity index (χ2n) is 3.73. The maximum atomic E-state index is 11.5. The van der Waals surface area contributed by atoms with Crippen molar-refractivity contribution in [3.63, 3.8) is 0 Å². The molecule has 1 unspecified atom stereocenters. The first-order valence-corrected chi connectivity index (χ1v) is 7.27. The third-order valence-electron chi connectivity index (χ3n) is 2.35. The van der Waals surface area contributed by atoms with Gasteiger partial charge in [0, 0.05) is 6.26 Å². The molecule has 0 bridgehead atoms. The molecule has 1 aromatic carbocycles. The fourth-order valence-corrected chi connectivity index (χ4v) is 2.59. The molecule has 0 spiro atoms. The first kappa shape index (κ1) is 12.7. The van der Waals surface area contributed by atoms with Crippen LogP contribution in [0.15, 0.2) is 24.3 Å². The molecule has 0 fully saturated rings. The van der Waals surface area contributed by atoms with Gasteiger partial charge < -0.3 is 0 Å². The quantitative estimate of drug-likeness (QED) is 0.839. The molecule has 1 atom stereocenters. The van der Waals surface area contributed by atoms with Gasteiger partial charge >= 0.3 is 0 Å². The van der Waals surface area contributed by atoms with Crippen LogP contribution in [-0.2, 0) is 9.84 Å². The van der Waals surface area contributed by atoms with E-state index in [0.717, 1.165) is 6.26 Å². The van der Waals surface area contributed by atoms with Crippen molar-refractivity contribution >= 4 is 32.5 Å². The summed E-state index contributed by atoms with van der Waals surface area (Å²) in [6, 6.07) is 8.59. The first-order valence-electron chi connectivity index (χ1n) is 4.94. The molecule has 0 saturated carbocycles. The summed E-state index contributed by atoms with van der Waals surface area (Å²) in [5.74, 6) is 0. The SMILES string of the molecule is CS(=O)(=O)C(C#N)c1nc2ccccc2nc1Cl. The monoisotopic (exact) mass is 281 g/mol. The van der Waals surface area contributed by atoms with Gasteiger partial charge in [0.1, 0.15) is 5.69 Å². The highest BCUT2D eigenvalue weighted by Crippen LogP contribution is 2.26. The number of hydrogen-bond donors (Lipinski definition) is 0. The fourth-order valence-electron chi connectivity index (χ4n) is 1.52. The van der Waals surface area contributed by atoms with E-state index in [4.69, 9.17) is 16.9 Å². The van der Waals surface area contributed by atoms with Gasteiger partial charge in [0.05, 0.1) is 17.1 Å². The summed E-state index contributed by atoms with van der Waals surface area (Å²) in [6.07, 6.45) is 0.966. The normalized spacial score (nSPS) is 13.2. The van der Waals surface area contributed by atoms with Crippen molar-refractivity contribution in [1.29, 1.82) is 5.26 Å². The highest BCUT2D eigenvalue weighted by Gasteiger charge is 2.27. The number of fused-ring (bicyclic) bond motifs is 1. The Balaban J connectivity index is 2.72. The maximum absolute atomic E-state index is 11.5. The average Bonchev–Trinajstić information content (AvgIpc) is 2.29. The molecule has 0 aliphatic heterocycles. The summed E-state index contributed by atoms with van der Waals surface area (Å²) in [5.41, 5.74) is 1.03. The molecular formula is C11H8ClN3O2S. The summed E-state index contributed by atoms with van der Waals surface area (Å²) < 4.78 is 23.0. The summed E-state index contributed by atoms with van der Waals surface area (Å²) in [5, 5.41) is 7.49. The number of rotatable bonds is 2. The lowest BCUT2D eigenvalue weighted by Gasteiger charge is -2.08. The summed E-state index contributed by atoms with van der Waals surface area (Å²) >= 11 is 5.89. The van der Waals surface area contributed by atoms with E-state index >= 15 is 0 Å². The molecule has 2 rings (SSSR count). The van der Waals surface area contributed by atoms with Crippen molar-refractivity contribution in [1.82, 2.24) is 9.97 Å². The number of hydrogen-bond acceptors (Lipinski definition) is 5. The minimum absolute atomic E-state index is 0.0274. The molecule has 0 aliphatic carbocycles. The van der Waals surface area contributed by atoms with E-state index in [9.17, 15) is 8.42 Å². The van der Waals surface area contributed by atoms with Crippen molar-refractivity contribution in [2.24, 2.45) is 0 Å². The number of nitrogens with zero attached hydrogens (tertiary/aromatic N) is 3. The zero-order chi connectivity index (χ0) is 13.3. The van der Waals surface area contributed by atoms with E-state index in [1.807, 2.05) is 0 Å². The van der Waals surface area contributed by atoms with Gasteiger partial charge in [0.25, 0.3) is 0 Å². The number of benzene rings is 1. The smallest absolute Gasteiger partial charge is 0.192 e. The Kier molecular flexibility index (Phi) is 3.20. The summed E-state index contributed by atoms with van der Waals surface area (Å²) in [7, 11) is -3.61. The van der Waals surface area contributed by atoms with Crippen LogP contribution in [0, 0.1) is 11.3 Å². The van der Waals surface area contributed by atoms with Gasteiger partial charge in [-0.3, -0.25) is 0 Å². The number of para-hydroxylation sites is 2. The predicted molar refractivity (Wildman–Crippen MR) is 67.7 cm³/mol. The molecule has 0 N–H and O–H groups in total. The van der Waals surface area contributed by atoms with Gasteiger partial charge in [-0.1, -0.05) is 23.7 Å². The van der Waals surface area contributed by atoms with Crippen molar-refractivity contribution in [3.05, 3.63) is 35.1 Å². The van der Waals surface area contributed by atoms with Gasteiger partial charge in [-0.15, -0.1) is 0 Å². The molecule has 5 nitrogen and oxygen atoms in total. The zero-order valence-electron chi connectivity index (χ0n) is 9.33. The Bertz CT molecular complexity index is 752.